The van der Waals surface area contributed by atoms with Crippen LogP contribution in [0.4, 0.5) is 4.79 Å². The summed E-state index contributed by atoms with van der Waals surface area (Å²) in [6.45, 7) is 5.72. The zero-order valence-electron chi connectivity index (χ0n) is 8.16. The van der Waals surface area contributed by atoms with Gasteiger partial charge < -0.3 is 14.7 Å². The molecule has 0 atom stereocenters. The Labute approximate surface area is 83.2 Å². The molecule has 2 heterocycles. The van der Waals surface area contributed by atoms with Gasteiger partial charge in [-0.25, -0.2) is 4.79 Å². The Bertz CT molecular complexity index is 267. The van der Waals surface area contributed by atoms with Crippen LogP contribution in [-0.4, -0.2) is 41.4 Å². The van der Waals surface area contributed by atoms with E-state index in [-0.39, 0.29) is 5.60 Å². The van der Waals surface area contributed by atoms with Gasteiger partial charge in [-0.1, -0.05) is 6.58 Å². The lowest BCUT2D eigenvalue weighted by atomic mass is 9.88. The minimum atomic E-state index is -0.823. The smallest absolute Gasteiger partial charge is 0.407 e. The maximum Gasteiger partial charge on any atom is 0.407 e. The molecule has 4 nitrogen and oxygen atoms in total. The van der Waals surface area contributed by atoms with Crippen LogP contribution in [0.25, 0.3) is 0 Å². The summed E-state index contributed by atoms with van der Waals surface area (Å²) >= 11 is 0. The maximum absolute atomic E-state index is 10.7. The van der Waals surface area contributed by atoms with Gasteiger partial charge in [0.1, 0.15) is 0 Å². The van der Waals surface area contributed by atoms with E-state index >= 15 is 0 Å². The molecule has 0 bridgehead atoms. The molecule has 0 saturated carbocycles. The monoisotopic (exact) mass is 197 g/mol. The third-order valence-corrected chi connectivity index (χ3v) is 3.10. The first-order valence-corrected chi connectivity index (χ1v) is 4.90. The molecule has 78 valence electrons. The molecule has 2 aliphatic rings. The van der Waals surface area contributed by atoms with Gasteiger partial charge in [0.25, 0.3) is 0 Å². The molecule has 1 spiro atoms. The van der Waals surface area contributed by atoms with Crippen LogP contribution in [0.15, 0.2) is 12.2 Å². The van der Waals surface area contributed by atoms with Crippen molar-refractivity contribution >= 4 is 6.09 Å². The fourth-order valence-corrected chi connectivity index (χ4v) is 2.24. The number of likely N-dealkylation sites (tertiary alicyclic amines) is 1. The Morgan fingerprint density at radius 2 is 2.14 bits per heavy atom. The van der Waals surface area contributed by atoms with E-state index in [1.165, 1.54) is 4.90 Å². The quantitative estimate of drug-likeness (QED) is 0.598. The Hall–Kier alpha value is -1.03. The van der Waals surface area contributed by atoms with Gasteiger partial charge in [-0.15, -0.1) is 0 Å². The Kier molecular flexibility index (Phi) is 2.23. The molecule has 0 radical (unpaired) electrons. The van der Waals surface area contributed by atoms with Crippen molar-refractivity contribution in [3.05, 3.63) is 12.2 Å². The second-order valence-electron chi connectivity index (χ2n) is 4.17. The van der Waals surface area contributed by atoms with Crippen LogP contribution in [0.1, 0.15) is 19.3 Å². The van der Waals surface area contributed by atoms with Gasteiger partial charge in [-0.05, 0) is 24.8 Å². The molecule has 1 amide bonds. The lowest BCUT2D eigenvalue weighted by Gasteiger charge is -2.37. The van der Waals surface area contributed by atoms with Crippen LogP contribution in [0.5, 0.6) is 0 Å². The van der Waals surface area contributed by atoms with E-state index in [1.54, 1.807) is 0 Å². The van der Waals surface area contributed by atoms with Crippen molar-refractivity contribution in [2.75, 3.05) is 19.7 Å². The highest BCUT2D eigenvalue weighted by Crippen LogP contribution is 2.37. The summed E-state index contributed by atoms with van der Waals surface area (Å²) in [6.07, 6.45) is 1.69. The summed E-state index contributed by atoms with van der Waals surface area (Å²) < 4.78 is 5.70. The van der Waals surface area contributed by atoms with E-state index in [1.807, 2.05) is 0 Å². The topological polar surface area (TPSA) is 49.8 Å². The summed E-state index contributed by atoms with van der Waals surface area (Å²) in [5, 5.41) is 8.79. The molecule has 1 N–H and O–H groups in total. The van der Waals surface area contributed by atoms with Crippen molar-refractivity contribution in [3.63, 3.8) is 0 Å². The lowest BCUT2D eigenvalue weighted by molar-refractivity contribution is -0.0390. The molecule has 14 heavy (non-hydrogen) atoms. The number of carboxylic acid groups (broad SMARTS) is 1. The molecule has 0 aromatic rings. The van der Waals surface area contributed by atoms with Crippen molar-refractivity contribution in [2.45, 2.75) is 24.9 Å². The van der Waals surface area contributed by atoms with Gasteiger partial charge in [-0.3, -0.25) is 0 Å². The highest BCUT2D eigenvalue weighted by molar-refractivity contribution is 5.65. The van der Waals surface area contributed by atoms with Crippen molar-refractivity contribution in [3.8, 4) is 0 Å². The predicted molar refractivity (Wildman–Crippen MR) is 51.3 cm³/mol. The number of amides is 1. The van der Waals surface area contributed by atoms with Crippen LogP contribution in [0.2, 0.25) is 0 Å². The van der Waals surface area contributed by atoms with Gasteiger partial charge in [-0.2, -0.15) is 0 Å². The highest BCUT2D eigenvalue weighted by atomic mass is 16.5. The molecule has 2 aliphatic heterocycles. The zero-order chi connectivity index (χ0) is 10.2. The molecular formula is C10H15NO3. The van der Waals surface area contributed by atoms with E-state index < -0.39 is 6.09 Å². The van der Waals surface area contributed by atoms with Crippen molar-refractivity contribution < 1.29 is 14.6 Å². The second-order valence-corrected chi connectivity index (χ2v) is 4.17. The third kappa shape index (κ3) is 1.62. The number of hydrogen-bond acceptors (Lipinski definition) is 2. The predicted octanol–water partition coefficient (Wildman–Crippen LogP) is 1.48. The van der Waals surface area contributed by atoms with Crippen molar-refractivity contribution in [2.24, 2.45) is 0 Å². The molecule has 2 saturated heterocycles. The summed E-state index contributed by atoms with van der Waals surface area (Å²) in [7, 11) is 0. The summed E-state index contributed by atoms with van der Waals surface area (Å²) in [5.74, 6) is 0. The number of hydrogen-bond donors (Lipinski definition) is 1. The summed E-state index contributed by atoms with van der Waals surface area (Å²) in [6, 6.07) is 0. The molecule has 0 unspecified atom stereocenters. The number of ether oxygens (including phenoxy) is 1. The second kappa shape index (κ2) is 3.28. The third-order valence-electron chi connectivity index (χ3n) is 3.10. The average Bonchev–Trinajstić information content (AvgIpc) is 2.48. The number of carbonyl (C=O) groups is 1. The number of piperidine rings is 1. The van der Waals surface area contributed by atoms with Crippen molar-refractivity contribution in [1.82, 2.24) is 4.90 Å². The first-order valence-electron chi connectivity index (χ1n) is 4.90. The summed E-state index contributed by atoms with van der Waals surface area (Å²) in [4.78, 5) is 12.1. The molecule has 2 fully saturated rings. The van der Waals surface area contributed by atoms with Gasteiger partial charge >= 0.3 is 6.09 Å². The molecule has 4 heteroatoms. The summed E-state index contributed by atoms with van der Waals surface area (Å²) in [5.41, 5.74) is 1.04. The first kappa shape index (κ1) is 9.52. The highest BCUT2D eigenvalue weighted by Gasteiger charge is 2.40. The van der Waals surface area contributed by atoms with Gasteiger partial charge in [0.2, 0.25) is 0 Å². The molecule has 0 aromatic carbocycles. The van der Waals surface area contributed by atoms with E-state index in [0.717, 1.165) is 24.8 Å². The number of rotatable bonds is 0. The Morgan fingerprint density at radius 1 is 1.50 bits per heavy atom. The van der Waals surface area contributed by atoms with Gasteiger partial charge in [0.15, 0.2) is 0 Å². The molecule has 2 rings (SSSR count). The fourth-order valence-electron chi connectivity index (χ4n) is 2.24. The van der Waals surface area contributed by atoms with Crippen LogP contribution in [-0.2, 0) is 4.74 Å². The largest absolute Gasteiger partial charge is 0.465 e. The van der Waals surface area contributed by atoms with Crippen LogP contribution in [0.3, 0.4) is 0 Å². The van der Waals surface area contributed by atoms with Gasteiger partial charge in [0.05, 0.1) is 12.2 Å². The minimum absolute atomic E-state index is 0.0942. The first-order chi connectivity index (χ1) is 6.61. The molecule has 0 aromatic heterocycles. The number of nitrogens with zero attached hydrogens (tertiary/aromatic N) is 1. The normalized spacial score (nSPS) is 25.7. The van der Waals surface area contributed by atoms with Gasteiger partial charge in [0, 0.05) is 13.1 Å². The molecule has 0 aliphatic carbocycles. The van der Waals surface area contributed by atoms with E-state index in [9.17, 15) is 4.79 Å². The molecular weight excluding hydrogens is 182 g/mol. The average molecular weight is 197 g/mol. The van der Waals surface area contributed by atoms with Crippen LogP contribution in [0, 0.1) is 0 Å². The Balaban J connectivity index is 1.95. The van der Waals surface area contributed by atoms with Crippen LogP contribution >= 0.6 is 0 Å². The zero-order valence-corrected chi connectivity index (χ0v) is 8.16. The van der Waals surface area contributed by atoms with Crippen molar-refractivity contribution in [1.29, 1.82) is 0 Å². The fraction of sp³-hybridized carbons (Fsp3) is 0.700. The standard InChI is InChI=1S/C10H15NO3/c1-8-6-10(14-7-8)2-4-11(5-3-10)9(12)13/h1-7H2,(H,12,13). The Morgan fingerprint density at radius 3 is 2.57 bits per heavy atom. The maximum atomic E-state index is 10.7. The van der Waals surface area contributed by atoms with E-state index in [4.69, 9.17) is 9.84 Å². The SMILES string of the molecule is C=C1COC2(CCN(C(=O)O)CC2)C1. The van der Waals surface area contributed by atoms with E-state index in [2.05, 4.69) is 6.58 Å². The van der Waals surface area contributed by atoms with Crippen LogP contribution < -0.4 is 0 Å². The lowest BCUT2D eigenvalue weighted by Crippen LogP contribution is -2.45. The van der Waals surface area contributed by atoms with E-state index in [0.29, 0.717) is 19.7 Å². The minimum Gasteiger partial charge on any atom is -0.465 e.